The summed E-state index contributed by atoms with van der Waals surface area (Å²) in [5.41, 5.74) is 10.3. The lowest BCUT2D eigenvalue weighted by Crippen LogP contribution is -2.14. The standard InChI is InChI=1S/C22H40N2O4S2/c1-21(2,7-5-17(25)15-19(23)27)9-11-29-13-14-30-12-10-22(3,4)8-6-18(26)16-20(24)28/h15-16,25-26H,5-14H2,1-4H3,(H2,23,27)(H2,24,28)/b17-15-,18-16-. The summed E-state index contributed by atoms with van der Waals surface area (Å²) in [5, 5.41) is 19.3. The van der Waals surface area contributed by atoms with Crippen molar-refractivity contribution in [2.45, 2.75) is 66.2 Å². The number of aliphatic hydroxyl groups excluding tert-OH is 2. The van der Waals surface area contributed by atoms with E-state index in [9.17, 15) is 19.8 Å². The second-order valence-corrected chi connectivity index (χ2v) is 11.6. The van der Waals surface area contributed by atoms with E-state index in [1.165, 1.54) is 0 Å². The van der Waals surface area contributed by atoms with Crippen molar-refractivity contribution in [3.05, 3.63) is 23.7 Å². The molecule has 0 aromatic rings. The number of rotatable bonds is 17. The average molecular weight is 461 g/mol. The molecule has 0 radical (unpaired) electrons. The van der Waals surface area contributed by atoms with Crippen molar-refractivity contribution in [3.63, 3.8) is 0 Å². The Morgan fingerprint density at radius 1 is 0.700 bits per heavy atom. The summed E-state index contributed by atoms with van der Waals surface area (Å²) in [4.78, 5) is 21.5. The summed E-state index contributed by atoms with van der Waals surface area (Å²) < 4.78 is 0. The van der Waals surface area contributed by atoms with Crippen LogP contribution in [0, 0.1) is 10.8 Å². The van der Waals surface area contributed by atoms with Gasteiger partial charge in [-0.2, -0.15) is 23.5 Å². The van der Waals surface area contributed by atoms with Crippen LogP contribution in [0.3, 0.4) is 0 Å². The van der Waals surface area contributed by atoms with Gasteiger partial charge in [0.2, 0.25) is 11.8 Å². The number of nitrogens with two attached hydrogens (primary N) is 2. The molecule has 0 aliphatic carbocycles. The molecule has 0 saturated heterocycles. The van der Waals surface area contributed by atoms with Gasteiger partial charge in [0.05, 0.1) is 11.5 Å². The van der Waals surface area contributed by atoms with E-state index in [2.05, 4.69) is 27.7 Å². The summed E-state index contributed by atoms with van der Waals surface area (Å²) in [6.07, 6.45) is 6.87. The number of hydrogen-bond acceptors (Lipinski definition) is 6. The van der Waals surface area contributed by atoms with Gasteiger partial charge in [-0.15, -0.1) is 0 Å². The van der Waals surface area contributed by atoms with Gasteiger partial charge in [0.25, 0.3) is 0 Å². The number of carbonyl (C=O) groups excluding carboxylic acids is 2. The van der Waals surface area contributed by atoms with Crippen LogP contribution in [-0.4, -0.2) is 45.0 Å². The van der Waals surface area contributed by atoms with Crippen molar-refractivity contribution < 1.29 is 19.8 Å². The molecule has 0 bridgehead atoms. The Labute approximate surface area is 190 Å². The Morgan fingerprint density at radius 3 is 1.33 bits per heavy atom. The fourth-order valence-electron chi connectivity index (χ4n) is 2.67. The van der Waals surface area contributed by atoms with Crippen molar-refractivity contribution in [2.75, 3.05) is 23.0 Å². The topological polar surface area (TPSA) is 127 Å². The number of aliphatic hydroxyl groups is 2. The van der Waals surface area contributed by atoms with Crippen LogP contribution in [-0.2, 0) is 9.59 Å². The second-order valence-electron chi connectivity index (χ2n) is 9.13. The quantitative estimate of drug-likeness (QED) is 0.142. The Balaban J connectivity index is 3.86. The normalized spacial score (nSPS) is 13.5. The summed E-state index contributed by atoms with van der Waals surface area (Å²) in [6.45, 7) is 8.72. The van der Waals surface area contributed by atoms with Gasteiger partial charge in [-0.1, -0.05) is 27.7 Å². The first-order valence-electron chi connectivity index (χ1n) is 10.4. The molecule has 0 heterocycles. The molecule has 0 spiro atoms. The van der Waals surface area contributed by atoms with Crippen LogP contribution >= 0.6 is 23.5 Å². The largest absolute Gasteiger partial charge is 0.512 e. The van der Waals surface area contributed by atoms with Crippen molar-refractivity contribution in [1.82, 2.24) is 0 Å². The smallest absolute Gasteiger partial charge is 0.244 e. The van der Waals surface area contributed by atoms with E-state index < -0.39 is 11.8 Å². The zero-order chi connectivity index (χ0) is 23.2. The van der Waals surface area contributed by atoms with Crippen LogP contribution in [0.2, 0.25) is 0 Å². The van der Waals surface area contributed by atoms with Crippen LogP contribution in [0.4, 0.5) is 0 Å². The first kappa shape index (κ1) is 28.7. The van der Waals surface area contributed by atoms with E-state index in [0.717, 1.165) is 60.8 Å². The maximum atomic E-state index is 10.8. The van der Waals surface area contributed by atoms with E-state index in [4.69, 9.17) is 11.5 Å². The number of primary amides is 2. The first-order valence-corrected chi connectivity index (χ1v) is 12.7. The number of amides is 2. The Bertz CT molecular complexity index is 550. The number of allylic oxidation sites excluding steroid dienone is 2. The zero-order valence-corrected chi connectivity index (χ0v) is 20.5. The van der Waals surface area contributed by atoms with Crippen LogP contribution < -0.4 is 11.5 Å². The molecule has 174 valence electrons. The number of carbonyl (C=O) groups is 2. The third-order valence-electron chi connectivity index (χ3n) is 4.95. The monoisotopic (exact) mass is 460 g/mol. The van der Waals surface area contributed by atoms with Gasteiger partial charge in [-0.25, -0.2) is 0 Å². The molecule has 6 nitrogen and oxygen atoms in total. The summed E-state index contributed by atoms with van der Waals surface area (Å²) in [7, 11) is 0. The molecule has 0 saturated carbocycles. The van der Waals surface area contributed by atoms with Gasteiger partial charge < -0.3 is 21.7 Å². The highest BCUT2D eigenvalue weighted by atomic mass is 32.2. The molecule has 6 N–H and O–H groups in total. The Kier molecular flexibility index (Phi) is 14.1. The minimum absolute atomic E-state index is 0.0571. The van der Waals surface area contributed by atoms with Crippen molar-refractivity contribution >= 4 is 35.3 Å². The summed E-state index contributed by atoms with van der Waals surface area (Å²) >= 11 is 3.89. The van der Waals surface area contributed by atoms with Gasteiger partial charge in [0.1, 0.15) is 0 Å². The van der Waals surface area contributed by atoms with E-state index in [1.54, 1.807) is 0 Å². The molecule has 0 aliphatic rings. The van der Waals surface area contributed by atoms with Gasteiger partial charge in [-0.05, 0) is 48.0 Å². The fourth-order valence-corrected chi connectivity index (χ4v) is 5.42. The molecule has 2 amide bonds. The molecule has 0 aromatic heterocycles. The Hall–Kier alpha value is -1.28. The van der Waals surface area contributed by atoms with Crippen LogP contribution in [0.15, 0.2) is 23.7 Å². The van der Waals surface area contributed by atoms with E-state index in [-0.39, 0.29) is 22.3 Å². The average Bonchev–Trinajstić information content (AvgIpc) is 2.59. The molecule has 30 heavy (non-hydrogen) atoms. The van der Waals surface area contributed by atoms with Crippen LogP contribution in [0.1, 0.15) is 66.2 Å². The molecule has 8 heteroatoms. The summed E-state index contributed by atoms with van der Waals surface area (Å²) in [6, 6.07) is 0. The molecule has 0 rings (SSSR count). The summed E-state index contributed by atoms with van der Waals surface area (Å²) in [5.74, 6) is 3.25. The predicted octanol–water partition coefficient (Wildman–Crippen LogP) is 4.70. The maximum Gasteiger partial charge on any atom is 0.244 e. The van der Waals surface area contributed by atoms with Crippen LogP contribution in [0.5, 0.6) is 0 Å². The third kappa shape index (κ3) is 17.6. The highest BCUT2D eigenvalue weighted by molar-refractivity contribution is 8.02. The van der Waals surface area contributed by atoms with E-state index in [0.29, 0.717) is 12.8 Å². The lowest BCUT2D eigenvalue weighted by Gasteiger charge is -2.24. The first-order chi connectivity index (χ1) is 13.8. The highest BCUT2D eigenvalue weighted by Gasteiger charge is 2.19. The van der Waals surface area contributed by atoms with Gasteiger partial charge in [-0.3, -0.25) is 9.59 Å². The van der Waals surface area contributed by atoms with Crippen molar-refractivity contribution in [2.24, 2.45) is 22.3 Å². The lowest BCUT2D eigenvalue weighted by atomic mass is 9.85. The SMILES string of the molecule is CC(C)(CCSCCSCCC(C)(C)CC/C(O)=C/C(N)=O)CC/C(O)=C/C(N)=O. The highest BCUT2D eigenvalue weighted by Crippen LogP contribution is 2.31. The molecule has 0 aliphatic heterocycles. The van der Waals surface area contributed by atoms with Crippen molar-refractivity contribution in [3.8, 4) is 0 Å². The lowest BCUT2D eigenvalue weighted by molar-refractivity contribution is -0.114. The molecule has 0 fully saturated rings. The van der Waals surface area contributed by atoms with E-state index in [1.807, 2.05) is 23.5 Å². The molecular formula is C22H40N2O4S2. The molecular weight excluding hydrogens is 420 g/mol. The maximum absolute atomic E-state index is 10.8. The molecule has 0 unspecified atom stereocenters. The minimum atomic E-state index is -0.611. The van der Waals surface area contributed by atoms with Gasteiger partial charge >= 0.3 is 0 Å². The Morgan fingerprint density at radius 2 is 1.03 bits per heavy atom. The van der Waals surface area contributed by atoms with Crippen LogP contribution in [0.25, 0.3) is 0 Å². The van der Waals surface area contributed by atoms with Crippen molar-refractivity contribution in [1.29, 1.82) is 0 Å². The number of hydrogen-bond donors (Lipinski definition) is 4. The third-order valence-corrected chi connectivity index (χ3v) is 7.18. The zero-order valence-electron chi connectivity index (χ0n) is 18.9. The molecule has 0 aromatic carbocycles. The van der Waals surface area contributed by atoms with Gasteiger partial charge in [0.15, 0.2) is 0 Å². The number of thioether (sulfide) groups is 2. The predicted molar refractivity (Wildman–Crippen MR) is 130 cm³/mol. The second kappa shape index (κ2) is 14.7. The van der Waals surface area contributed by atoms with Gasteiger partial charge in [0, 0.05) is 36.5 Å². The minimum Gasteiger partial charge on any atom is -0.512 e. The van der Waals surface area contributed by atoms with E-state index >= 15 is 0 Å². The fraction of sp³-hybridized carbons (Fsp3) is 0.727. The molecule has 0 atom stereocenters.